The molecule has 1 heterocycles. The minimum Gasteiger partial charge on any atom is -0.451 e. The van der Waals surface area contributed by atoms with Crippen LogP contribution in [0, 0.1) is 47.8 Å². The molecule has 1 rings (SSSR count). The Kier molecular flexibility index (Phi) is 9.71. The molecule has 0 saturated heterocycles. The quantitative estimate of drug-likeness (QED) is 0.341. The van der Waals surface area contributed by atoms with Gasteiger partial charge >= 0.3 is 5.97 Å². The Morgan fingerprint density at radius 1 is 1.17 bits per heavy atom. The van der Waals surface area contributed by atoms with Crippen LogP contribution >= 0.6 is 0 Å². The highest BCUT2D eigenvalue weighted by atomic mass is 16.5. The Morgan fingerprint density at radius 2 is 1.79 bits per heavy atom. The molecule has 1 aromatic rings. The summed E-state index contributed by atoms with van der Waals surface area (Å²) in [7, 11) is 0. The van der Waals surface area contributed by atoms with Gasteiger partial charge in [0.25, 0.3) is 5.91 Å². The highest BCUT2D eigenvalue weighted by Crippen LogP contribution is 2.19. The summed E-state index contributed by atoms with van der Waals surface area (Å²) in [5.41, 5.74) is 2.53. The number of amides is 1. The maximum atomic E-state index is 12.3. The molecule has 1 amide bonds. The van der Waals surface area contributed by atoms with Gasteiger partial charge in [0.2, 0.25) is 0 Å². The van der Waals surface area contributed by atoms with Crippen LogP contribution in [0.3, 0.4) is 0 Å². The van der Waals surface area contributed by atoms with Crippen LogP contribution < -0.4 is 0 Å². The molecule has 0 fully saturated rings. The fourth-order valence-electron chi connectivity index (χ4n) is 2.86. The molecule has 29 heavy (non-hydrogen) atoms. The Bertz CT molecular complexity index is 875. The first-order chi connectivity index (χ1) is 13.9. The third-order valence-corrected chi connectivity index (χ3v) is 4.37. The average molecular weight is 395 g/mol. The van der Waals surface area contributed by atoms with Crippen molar-refractivity contribution in [3.8, 4) is 18.2 Å². The van der Waals surface area contributed by atoms with Crippen molar-refractivity contribution >= 4 is 18.0 Å². The number of esters is 1. The van der Waals surface area contributed by atoms with Gasteiger partial charge in [0, 0.05) is 31.0 Å². The molecule has 8 nitrogen and oxygen atoms in total. The van der Waals surface area contributed by atoms with Crippen LogP contribution in [-0.4, -0.2) is 41.0 Å². The number of nitriles is 3. The highest BCUT2D eigenvalue weighted by molar-refractivity contribution is 5.99. The second-order valence-corrected chi connectivity index (χ2v) is 6.42. The smallest absolute Gasteiger partial charge is 0.349 e. The van der Waals surface area contributed by atoms with Gasteiger partial charge in [-0.05, 0) is 38.0 Å². The summed E-state index contributed by atoms with van der Waals surface area (Å²) in [5.74, 6) is -1.40. The lowest BCUT2D eigenvalue weighted by Gasteiger charge is -2.19. The van der Waals surface area contributed by atoms with Crippen molar-refractivity contribution in [2.24, 2.45) is 0 Å². The van der Waals surface area contributed by atoms with E-state index in [1.54, 1.807) is 0 Å². The Balaban J connectivity index is 2.86. The lowest BCUT2D eigenvalue weighted by Crippen LogP contribution is -2.36. The number of hydrogen-bond donors (Lipinski definition) is 0. The van der Waals surface area contributed by atoms with Crippen molar-refractivity contribution in [1.82, 2.24) is 9.47 Å². The summed E-state index contributed by atoms with van der Waals surface area (Å²) in [6.45, 7) is 6.54. The van der Waals surface area contributed by atoms with Gasteiger partial charge in [-0.1, -0.05) is 6.92 Å². The monoisotopic (exact) mass is 395 g/mol. The second-order valence-electron chi connectivity index (χ2n) is 6.42. The van der Waals surface area contributed by atoms with Crippen LogP contribution in [0.2, 0.25) is 0 Å². The molecule has 0 aliphatic heterocycles. The number of aryl methyl sites for hydroxylation is 1. The molecular weight excluding hydrogens is 370 g/mol. The third-order valence-electron chi connectivity index (χ3n) is 4.37. The van der Waals surface area contributed by atoms with Crippen LogP contribution in [0.15, 0.2) is 11.6 Å². The van der Waals surface area contributed by atoms with E-state index in [-0.39, 0.29) is 31.5 Å². The Hall–Kier alpha value is -3.57. The standard InChI is InChI=1S/C21H25N5O3/c1-4-9-26-16(2)12-18(17(26)3)13-19(14-24)21(28)29-15-20(27)25(10-5-7-22)11-6-8-23/h12-13H,4-6,9-11,15H2,1-3H3/b19-13+. The van der Waals surface area contributed by atoms with Gasteiger partial charge < -0.3 is 14.2 Å². The maximum absolute atomic E-state index is 12.3. The number of carbonyl (C=O) groups is 2. The third kappa shape index (κ3) is 6.83. The van der Waals surface area contributed by atoms with Crippen molar-refractivity contribution in [3.63, 3.8) is 0 Å². The average Bonchev–Trinajstić information content (AvgIpc) is 2.97. The van der Waals surface area contributed by atoms with Gasteiger partial charge in [0.1, 0.15) is 11.6 Å². The van der Waals surface area contributed by atoms with E-state index >= 15 is 0 Å². The molecule has 0 aliphatic rings. The topological polar surface area (TPSA) is 123 Å². The minimum absolute atomic E-state index is 0.113. The van der Waals surface area contributed by atoms with E-state index in [0.717, 1.165) is 29.9 Å². The van der Waals surface area contributed by atoms with Crippen molar-refractivity contribution in [2.45, 2.75) is 46.6 Å². The van der Waals surface area contributed by atoms with E-state index in [4.69, 9.17) is 15.3 Å². The van der Waals surface area contributed by atoms with Crippen LogP contribution in [0.25, 0.3) is 6.08 Å². The zero-order valence-electron chi connectivity index (χ0n) is 17.1. The maximum Gasteiger partial charge on any atom is 0.349 e. The van der Waals surface area contributed by atoms with Crippen molar-refractivity contribution < 1.29 is 14.3 Å². The summed E-state index contributed by atoms with van der Waals surface area (Å²) in [6.07, 6.45) is 2.65. The van der Waals surface area contributed by atoms with Crippen LogP contribution in [0.1, 0.15) is 43.1 Å². The lowest BCUT2D eigenvalue weighted by molar-refractivity contribution is -0.148. The first-order valence-corrected chi connectivity index (χ1v) is 9.36. The number of rotatable bonds is 10. The molecule has 0 unspecified atom stereocenters. The molecule has 0 spiro atoms. The van der Waals surface area contributed by atoms with Gasteiger partial charge in [-0.15, -0.1) is 0 Å². The first-order valence-electron chi connectivity index (χ1n) is 9.36. The number of hydrogen-bond acceptors (Lipinski definition) is 6. The minimum atomic E-state index is -0.887. The number of carbonyl (C=O) groups excluding carboxylic acids is 2. The number of aromatic nitrogens is 1. The lowest BCUT2D eigenvalue weighted by atomic mass is 10.1. The molecule has 0 radical (unpaired) electrons. The van der Waals surface area contributed by atoms with Gasteiger partial charge in [-0.2, -0.15) is 15.8 Å². The van der Waals surface area contributed by atoms with Crippen molar-refractivity contribution in [3.05, 3.63) is 28.6 Å². The zero-order valence-corrected chi connectivity index (χ0v) is 17.1. The number of nitrogens with zero attached hydrogens (tertiary/aromatic N) is 5. The molecule has 152 valence electrons. The van der Waals surface area contributed by atoms with Crippen molar-refractivity contribution in [1.29, 1.82) is 15.8 Å². The van der Waals surface area contributed by atoms with E-state index in [2.05, 4.69) is 11.5 Å². The van der Waals surface area contributed by atoms with E-state index in [1.807, 2.05) is 38.1 Å². The Morgan fingerprint density at radius 3 is 2.31 bits per heavy atom. The predicted molar refractivity (Wildman–Crippen MR) is 106 cm³/mol. The molecule has 1 aromatic heterocycles. The summed E-state index contributed by atoms with van der Waals surface area (Å²) < 4.78 is 7.11. The fourth-order valence-corrected chi connectivity index (χ4v) is 2.86. The van der Waals surface area contributed by atoms with E-state index in [9.17, 15) is 14.9 Å². The van der Waals surface area contributed by atoms with Crippen molar-refractivity contribution in [2.75, 3.05) is 19.7 Å². The van der Waals surface area contributed by atoms with Gasteiger partial charge in [-0.25, -0.2) is 4.79 Å². The largest absolute Gasteiger partial charge is 0.451 e. The molecule has 0 N–H and O–H groups in total. The SMILES string of the molecule is CCCn1c(C)cc(/C=C(\C#N)C(=O)OCC(=O)N(CCC#N)CCC#N)c1C. The molecular formula is C21H25N5O3. The first kappa shape index (κ1) is 23.5. The van der Waals surface area contributed by atoms with Gasteiger partial charge in [-0.3, -0.25) is 4.79 Å². The summed E-state index contributed by atoms with van der Waals surface area (Å²) in [5, 5.41) is 26.7. The Labute approximate surface area is 171 Å². The highest BCUT2D eigenvalue weighted by Gasteiger charge is 2.18. The summed E-state index contributed by atoms with van der Waals surface area (Å²) in [4.78, 5) is 25.8. The fraction of sp³-hybridized carbons (Fsp3) is 0.476. The van der Waals surface area contributed by atoms with E-state index < -0.39 is 18.5 Å². The van der Waals surface area contributed by atoms with E-state index in [1.165, 1.54) is 11.0 Å². The van der Waals surface area contributed by atoms with E-state index in [0.29, 0.717) is 0 Å². The van der Waals surface area contributed by atoms with Gasteiger partial charge in [0.05, 0.1) is 25.0 Å². The molecule has 0 aromatic carbocycles. The predicted octanol–water partition coefficient (Wildman–Crippen LogP) is 2.62. The molecule has 0 atom stereocenters. The summed E-state index contributed by atoms with van der Waals surface area (Å²) >= 11 is 0. The second kappa shape index (κ2) is 12.0. The van der Waals surface area contributed by atoms with Crippen LogP contribution in [0.4, 0.5) is 0 Å². The van der Waals surface area contributed by atoms with Crippen LogP contribution in [0.5, 0.6) is 0 Å². The molecule has 0 aliphatic carbocycles. The summed E-state index contributed by atoms with van der Waals surface area (Å²) in [6, 6.07) is 7.58. The van der Waals surface area contributed by atoms with Crippen LogP contribution in [-0.2, 0) is 20.9 Å². The molecule has 0 saturated carbocycles. The van der Waals surface area contributed by atoms with Gasteiger partial charge in [0.15, 0.2) is 6.61 Å². The molecule has 8 heteroatoms. The molecule has 0 bridgehead atoms. The number of ether oxygens (including phenoxy) is 1. The normalized spacial score (nSPS) is 10.6. The zero-order chi connectivity index (χ0) is 21.8.